The zero-order valence-electron chi connectivity index (χ0n) is 23.4. The minimum absolute atomic E-state index is 0.0161. The summed E-state index contributed by atoms with van der Waals surface area (Å²) in [5, 5.41) is 0.0192. The van der Waals surface area contributed by atoms with Crippen LogP contribution in [-0.2, 0) is 25.3 Å². The van der Waals surface area contributed by atoms with Crippen LogP contribution in [-0.4, -0.2) is 58.5 Å². The molecule has 37 heavy (non-hydrogen) atoms. The lowest BCUT2D eigenvalue weighted by Gasteiger charge is -2.48. The van der Waals surface area contributed by atoms with Crippen molar-refractivity contribution < 1.29 is 28.2 Å². The van der Waals surface area contributed by atoms with Gasteiger partial charge in [0.25, 0.3) is 0 Å². The molecule has 204 valence electrons. The summed E-state index contributed by atoms with van der Waals surface area (Å²) in [6.45, 7) is 15.5. The lowest BCUT2D eigenvalue weighted by Crippen LogP contribution is -2.59. The number of amides is 1. The second kappa shape index (κ2) is 11.4. The van der Waals surface area contributed by atoms with Crippen molar-refractivity contribution in [3.8, 4) is 5.75 Å². The van der Waals surface area contributed by atoms with Gasteiger partial charge in [-0.2, -0.15) is 0 Å². The maximum atomic E-state index is 13.1. The number of methoxy groups -OCH3 is 2. The predicted molar refractivity (Wildman–Crippen MR) is 147 cm³/mol. The van der Waals surface area contributed by atoms with Crippen LogP contribution in [0.1, 0.15) is 45.6 Å². The van der Waals surface area contributed by atoms with E-state index in [4.69, 9.17) is 18.6 Å². The van der Waals surface area contributed by atoms with Crippen LogP contribution < -0.4 is 4.74 Å². The van der Waals surface area contributed by atoms with Crippen molar-refractivity contribution in [1.29, 1.82) is 0 Å². The Hall–Kier alpha value is -2.58. The Morgan fingerprint density at radius 1 is 1.19 bits per heavy atom. The number of hydrogen-bond acceptors (Lipinski definition) is 6. The van der Waals surface area contributed by atoms with Crippen molar-refractivity contribution in [2.24, 2.45) is 11.3 Å². The van der Waals surface area contributed by atoms with E-state index in [9.17, 15) is 9.59 Å². The average Bonchev–Trinajstić information content (AvgIpc) is 3.23. The van der Waals surface area contributed by atoms with Gasteiger partial charge in [-0.05, 0) is 60.7 Å². The van der Waals surface area contributed by atoms with Gasteiger partial charge in [0.2, 0.25) is 8.32 Å². The topological polar surface area (TPSA) is 74.3 Å². The zero-order valence-corrected chi connectivity index (χ0v) is 24.4. The standard InChI is InChI=1S/C29H43NO6Si/c1-9-16-30(27(32)34-6)25-18-24(36-37(7,8)28(2,3)4)17-22-12-15-26(29(22,25)20-31)35-19-21-10-13-23(33-5)14-11-21/h9-11,13-14,18,20,22,25-26H,1,12,15-17,19H2,2-8H3/t22-,25-,26-,29-/m0/s1. The number of aldehydes is 1. The van der Waals surface area contributed by atoms with E-state index >= 15 is 0 Å². The number of carbonyl (C=O) groups excluding carboxylic acids is 2. The highest BCUT2D eigenvalue weighted by atomic mass is 28.4. The van der Waals surface area contributed by atoms with Gasteiger partial charge in [-0.15, -0.1) is 6.58 Å². The maximum Gasteiger partial charge on any atom is 0.410 e. The number of benzene rings is 1. The molecule has 2 aliphatic carbocycles. The fourth-order valence-electron chi connectivity index (χ4n) is 5.32. The first-order valence-electron chi connectivity index (χ1n) is 13.0. The molecule has 1 aromatic carbocycles. The summed E-state index contributed by atoms with van der Waals surface area (Å²) in [5.74, 6) is 1.62. The first-order chi connectivity index (χ1) is 17.4. The van der Waals surface area contributed by atoms with E-state index < -0.39 is 25.9 Å². The molecule has 2 aliphatic rings. The van der Waals surface area contributed by atoms with E-state index in [1.165, 1.54) is 7.11 Å². The molecule has 1 amide bonds. The normalized spacial score (nSPS) is 25.5. The fourth-order valence-corrected chi connectivity index (χ4v) is 6.43. The molecule has 0 radical (unpaired) electrons. The Labute approximate surface area is 222 Å². The third-order valence-electron chi connectivity index (χ3n) is 8.42. The Balaban J connectivity index is 2.00. The second-order valence-electron chi connectivity index (χ2n) is 11.6. The summed E-state index contributed by atoms with van der Waals surface area (Å²) >= 11 is 0. The van der Waals surface area contributed by atoms with Gasteiger partial charge in [-0.3, -0.25) is 4.90 Å². The van der Waals surface area contributed by atoms with Crippen molar-refractivity contribution >= 4 is 20.7 Å². The van der Waals surface area contributed by atoms with Crippen LogP contribution in [0.2, 0.25) is 18.1 Å². The third kappa shape index (κ3) is 5.80. The van der Waals surface area contributed by atoms with E-state index in [1.54, 1.807) is 18.1 Å². The summed E-state index contributed by atoms with van der Waals surface area (Å²) in [6.07, 6.45) is 5.97. The van der Waals surface area contributed by atoms with Crippen LogP contribution in [0.5, 0.6) is 5.75 Å². The molecule has 1 fully saturated rings. The number of allylic oxidation sites excluding steroid dienone is 1. The molecule has 0 bridgehead atoms. The molecule has 1 aromatic rings. The lowest BCUT2D eigenvalue weighted by atomic mass is 9.66. The molecule has 0 heterocycles. The number of ether oxygens (including phenoxy) is 3. The molecule has 0 aliphatic heterocycles. The Morgan fingerprint density at radius 2 is 1.86 bits per heavy atom. The van der Waals surface area contributed by atoms with E-state index in [0.717, 1.165) is 36.2 Å². The third-order valence-corrected chi connectivity index (χ3v) is 12.8. The number of nitrogens with zero attached hydrogens (tertiary/aromatic N) is 1. The van der Waals surface area contributed by atoms with Crippen molar-refractivity contribution in [2.45, 2.75) is 76.9 Å². The van der Waals surface area contributed by atoms with Gasteiger partial charge < -0.3 is 23.4 Å². The van der Waals surface area contributed by atoms with E-state index in [-0.39, 0.29) is 23.6 Å². The van der Waals surface area contributed by atoms with Crippen LogP contribution in [0.25, 0.3) is 0 Å². The SMILES string of the molecule is C=CCN(C(=O)OC)[C@H]1C=C(O[Si](C)(C)C(C)(C)C)C[C@@H]2CC[C@H](OCc3ccc(OC)cc3)[C@@]21C=O. The number of rotatable bonds is 10. The minimum atomic E-state index is -2.13. The van der Waals surface area contributed by atoms with Gasteiger partial charge in [0.15, 0.2) is 0 Å². The molecular formula is C29H43NO6Si. The number of carbonyl (C=O) groups is 2. The summed E-state index contributed by atoms with van der Waals surface area (Å²) in [4.78, 5) is 27.6. The first-order valence-corrected chi connectivity index (χ1v) is 15.9. The predicted octanol–water partition coefficient (Wildman–Crippen LogP) is 6.11. The van der Waals surface area contributed by atoms with E-state index in [2.05, 4.69) is 40.4 Å². The number of hydrogen-bond donors (Lipinski definition) is 0. The summed E-state index contributed by atoms with van der Waals surface area (Å²) in [7, 11) is 0.863. The molecule has 8 heteroatoms. The molecule has 3 rings (SSSR count). The highest BCUT2D eigenvalue weighted by Gasteiger charge is 2.60. The molecule has 7 nitrogen and oxygen atoms in total. The molecule has 0 unspecified atom stereocenters. The van der Waals surface area contributed by atoms with Gasteiger partial charge in [0, 0.05) is 13.0 Å². The van der Waals surface area contributed by atoms with E-state index in [1.807, 2.05) is 30.3 Å². The smallest absolute Gasteiger partial charge is 0.410 e. The van der Waals surface area contributed by atoms with Crippen LogP contribution in [0.4, 0.5) is 4.79 Å². The summed E-state index contributed by atoms with van der Waals surface area (Å²) in [6, 6.07) is 7.13. The van der Waals surface area contributed by atoms with Gasteiger partial charge in [-0.1, -0.05) is 39.0 Å². The van der Waals surface area contributed by atoms with Gasteiger partial charge in [0.1, 0.15) is 12.0 Å². The molecule has 0 spiro atoms. The van der Waals surface area contributed by atoms with Crippen LogP contribution in [0, 0.1) is 11.3 Å². The minimum Gasteiger partial charge on any atom is -0.547 e. The molecular weight excluding hydrogens is 486 g/mol. The van der Waals surface area contributed by atoms with Crippen LogP contribution >= 0.6 is 0 Å². The molecule has 0 saturated heterocycles. The quantitative estimate of drug-likeness (QED) is 0.207. The lowest BCUT2D eigenvalue weighted by molar-refractivity contribution is -0.135. The van der Waals surface area contributed by atoms with Gasteiger partial charge in [0.05, 0.1) is 44.1 Å². The van der Waals surface area contributed by atoms with Crippen LogP contribution in [0.3, 0.4) is 0 Å². The Morgan fingerprint density at radius 3 is 2.41 bits per heavy atom. The Bertz CT molecular complexity index is 999. The second-order valence-corrected chi connectivity index (χ2v) is 16.3. The molecule has 0 aromatic heterocycles. The largest absolute Gasteiger partial charge is 0.547 e. The summed E-state index contributed by atoms with van der Waals surface area (Å²) < 4.78 is 23.6. The molecule has 0 N–H and O–H groups in total. The summed E-state index contributed by atoms with van der Waals surface area (Å²) in [5.41, 5.74) is 0.0790. The van der Waals surface area contributed by atoms with Crippen molar-refractivity contribution in [3.05, 3.63) is 54.3 Å². The monoisotopic (exact) mass is 529 g/mol. The fraction of sp³-hybridized carbons (Fsp3) is 0.586. The van der Waals surface area contributed by atoms with Gasteiger partial charge in [-0.25, -0.2) is 4.79 Å². The highest BCUT2D eigenvalue weighted by Crippen LogP contribution is 2.54. The molecule has 1 saturated carbocycles. The van der Waals surface area contributed by atoms with Gasteiger partial charge >= 0.3 is 6.09 Å². The van der Waals surface area contributed by atoms with Crippen molar-refractivity contribution in [2.75, 3.05) is 20.8 Å². The Kier molecular flexibility index (Phi) is 8.96. The van der Waals surface area contributed by atoms with Crippen LogP contribution in [0.15, 0.2) is 48.8 Å². The maximum absolute atomic E-state index is 13.1. The first kappa shape index (κ1) is 29.0. The van der Waals surface area contributed by atoms with Crippen molar-refractivity contribution in [3.63, 3.8) is 0 Å². The average molecular weight is 530 g/mol. The highest BCUT2D eigenvalue weighted by molar-refractivity contribution is 6.74. The molecule has 4 atom stereocenters. The number of fused-ring (bicyclic) bond motifs is 1. The van der Waals surface area contributed by atoms with Crippen molar-refractivity contribution in [1.82, 2.24) is 4.90 Å². The zero-order chi connectivity index (χ0) is 27.4. The van der Waals surface area contributed by atoms with E-state index in [0.29, 0.717) is 13.0 Å².